The minimum atomic E-state index is -0.790. The second-order valence-electron chi connectivity index (χ2n) is 5.12. The third-order valence-electron chi connectivity index (χ3n) is 3.83. The average Bonchev–Trinajstić information content (AvgIpc) is 2.29. The summed E-state index contributed by atoms with van der Waals surface area (Å²) < 4.78 is 12.8. The van der Waals surface area contributed by atoms with Gasteiger partial charge in [0.2, 0.25) is 5.95 Å². The van der Waals surface area contributed by atoms with E-state index in [4.69, 9.17) is 0 Å². The molecule has 0 aliphatic carbocycles. The van der Waals surface area contributed by atoms with Crippen molar-refractivity contribution in [2.45, 2.75) is 48.2 Å². The lowest BCUT2D eigenvalue weighted by molar-refractivity contribution is 0.00772. The highest BCUT2D eigenvalue weighted by Crippen LogP contribution is 2.49. The molecule has 2 atom stereocenters. The molecule has 0 saturated carbocycles. The van der Waals surface area contributed by atoms with E-state index in [1.807, 2.05) is 11.8 Å². The van der Waals surface area contributed by atoms with Crippen molar-refractivity contribution in [3.63, 3.8) is 0 Å². The first-order valence-electron chi connectivity index (χ1n) is 6.16. The van der Waals surface area contributed by atoms with Gasteiger partial charge in [0, 0.05) is 22.3 Å². The summed E-state index contributed by atoms with van der Waals surface area (Å²) >= 11 is 2.02. The van der Waals surface area contributed by atoms with E-state index in [1.165, 1.54) is 31.5 Å². The molecule has 1 N–H and O–H groups in total. The normalized spacial score (nSPS) is 36.8. The predicted octanol–water partition coefficient (Wildman–Crippen LogP) is 2.86. The fourth-order valence-corrected chi connectivity index (χ4v) is 4.90. The number of thioether (sulfide) groups is 1. The molecule has 92 valence electrons. The molecular weight excluding hydrogens is 237 g/mol. The van der Waals surface area contributed by atoms with E-state index in [1.54, 1.807) is 6.07 Å². The van der Waals surface area contributed by atoms with Crippen LogP contribution in [0.15, 0.2) is 18.3 Å². The number of hydrogen-bond acceptors (Lipinski definition) is 3. The van der Waals surface area contributed by atoms with Gasteiger partial charge in [-0.25, -0.2) is 4.98 Å². The fourth-order valence-electron chi connectivity index (χ4n) is 3.01. The summed E-state index contributed by atoms with van der Waals surface area (Å²) in [6.07, 6.45) is 6.71. The number of halogens is 1. The van der Waals surface area contributed by atoms with Gasteiger partial charge in [-0.05, 0) is 31.7 Å². The Kier molecular flexibility index (Phi) is 2.87. The third-order valence-corrected chi connectivity index (χ3v) is 5.41. The number of aromatic nitrogens is 1. The lowest BCUT2D eigenvalue weighted by Crippen LogP contribution is -2.40. The summed E-state index contributed by atoms with van der Waals surface area (Å²) in [4.78, 5) is 3.66. The van der Waals surface area contributed by atoms with Crippen LogP contribution in [0, 0.1) is 5.95 Å². The molecule has 3 heterocycles. The van der Waals surface area contributed by atoms with Crippen LogP contribution in [0.4, 0.5) is 4.39 Å². The van der Waals surface area contributed by atoms with Crippen LogP contribution in [-0.4, -0.2) is 20.6 Å². The molecule has 2 fully saturated rings. The van der Waals surface area contributed by atoms with Crippen LogP contribution in [0.3, 0.4) is 0 Å². The van der Waals surface area contributed by atoms with E-state index in [9.17, 15) is 9.50 Å². The van der Waals surface area contributed by atoms with Crippen LogP contribution >= 0.6 is 11.8 Å². The molecule has 2 unspecified atom stereocenters. The minimum absolute atomic E-state index is 0.484. The molecule has 2 aliphatic rings. The molecule has 0 spiro atoms. The van der Waals surface area contributed by atoms with Gasteiger partial charge in [-0.1, -0.05) is 12.5 Å². The molecule has 0 aromatic carbocycles. The van der Waals surface area contributed by atoms with Crippen LogP contribution in [0.1, 0.15) is 37.7 Å². The maximum Gasteiger partial charge on any atom is 0.212 e. The molecule has 0 radical (unpaired) electrons. The van der Waals surface area contributed by atoms with E-state index in [2.05, 4.69) is 4.98 Å². The van der Waals surface area contributed by atoms with E-state index < -0.39 is 11.5 Å². The van der Waals surface area contributed by atoms with E-state index in [0.29, 0.717) is 10.5 Å². The number of fused-ring (bicyclic) bond motifs is 2. The van der Waals surface area contributed by atoms with Crippen molar-refractivity contribution in [1.82, 2.24) is 4.98 Å². The Morgan fingerprint density at radius 3 is 2.59 bits per heavy atom. The highest BCUT2D eigenvalue weighted by molar-refractivity contribution is 8.00. The minimum Gasteiger partial charge on any atom is -0.385 e. The molecule has 2 bridgehead atoms. The quantitative estimate of drug-likeness (QED) is 0.781. The number of hydrogen-bond donors (Lipinski definition) is 1. The molecule has 17 heavy (non-hydrogen) atoms. The highest BCUT2D eigenvalue weighted by atomic mass is 32.2. The van der Waals surface area contributed by atoms with Gasteiger partial charge in [-0.15, -0.1) is 0 Å². The number of aliphatic hydroxyl groups is 1. The van der Waals surface area contributed by atoms with E-state index in [0.717, 1.165) is 18.4 Å². The van der Waals surface area contributed by atoms with Crippen molar-refractivity contribution < 1.29 is 9.50 Å². The zero-order valence-electron chi connectivity index (χ0n) is 9.60. The van der Waals surface area contributed by atoms with E-state index >= 15 is 0 Å². The molecule has 1 aromatic rings. The third kappa shape index (κ3) is 2.20. The predicted molar refractivity (Wildman–Crippen MR) is 66.3 cm³/mol. The summed E-state index contributed by atoms with van der Waals surface area (Å²) in [5, 5.41) is 11.9. The van der Waals surface area contributed by atoms with Crippen molar-refractivity contribution in [3.8, 4) is 0 Å². The highest BCUT2D eigenvalue weighted by Gasteiger charge is 2.42. The maximum absolute atomic E-state index is 12.8. The largest absolute Gasteiger partial charge is 0.385 e. The topological polar surface area (TPSA) is 33.1 Å². The first-order valence-corrected chi connectivity index (χ1v) is 7.10. The molecule has 2 nitrogen and oxygen atoms in total. The summed E-state index contributed by atoms with van der Waals surface area (Å²) in [6.45, 7) is 0. The first kappa shape index (κ1) is 11.5. The molecule has 3 rings (SSSR count). The van der Waals surface area contributed by atoms with Gasteiger partial charge in [0.15, 0.2) is 0 Å². The van der Waals surface area contributed by atoms with Crippen LogP contribution in [0.25, 0.3) is 0 Å². The molecule has 1 aromatic heterocycles. The summed E-state index contributed by atoms with van der Waals surface area (Å²) in [7, 11) is 0. The van der Waals surface area contributed by atoms with Gasteiger partial charge in [-0.3, -0.25) is 0 Å². The Morgan fingerprint density at radius 2 is 2.00 bits per heavy atom. The van der Waals surface area contributed by atoms with Crippen molar-refractivity contribution >= 4 is 11.8 Å². The Balaban J connectivity index is 1.87. The van der Waals surface area contributed by atoms with Gasteiger partial charge in [0.1, 0.15) is 0 Å². The Morgan fingerprint density at radius 1 is 1.29 bits per heavy atom. The lowest BCUT2D eigenvalue weighted by atomic mass is 9.81. The maximum atomic E-state index is 12.8. The smallest absolute Gasteiger partial charge is 0.212 e. The van der Waals surface area contributed by atoms with Crippen LogP contribution < -0.4 is 0 Å². The van der Waals surface area contributed by atoms with Gasteiger partial charge < -0.3 is 5.11 Å². The van der Waals surface area contributed by atoms with E-state index in [-0.39, 0.29) is 0 Å². The number of nitrogens with zero attached hydrogens (tertiary/aromatic N) is 1. The summed E-state index contributed by atoms with van der Waals surface area (Å²) in [5.41, 5.74) is -0.0158. The standard InChI is InChI=1S/C13H16FNOS/c14-12-5-4-9(8-15-12)13(16)6-10-2-1-3-11(7-13)17-10/h4-5,8,10-11,16H,1-3,6-7H2. The van der Waals surface area contributed by atoms with Crippen LogP contribution in [-0.2, 0) is 5.60 Å². The van der Waals surface area contributed by atoms with Crippen molar-refractivity contribution in [1.29, 1.82) is 0 Å². The van der Waals surface area contributed by atoms with Crippen LogP contribution in [0.2, 0.25) is 0 Å². The zero-order valence-corrected chi connectivity index (χ0v) is 10.4. The van der Waals surface area contributed by atoms with Gasteiger partial charge in [0.05, 0.1) is 5.60 Å². The second-order valence-corrected chi connectivity index (χ2v) is 6.73. The monoisotopic (exact) mass is 253 g/mol. The van der Waals surface area contributed by atoms with Gasteiger partial charge >= 0.3 is 0 Å². The molecule has 0 amide bonds. The number of rotatable bonds is 1. The lowest BCUT2D eigenvalue weighted by Gasteiger charge is -2.44. The summed E-state index contributed by atoms with van der Waals surface area (Å²) in [6, 6.07) is 3.01. The molecule has 4 heteroatoms. The Bertz CT molecular complexity index is 396. The Hall–Kier alpha value is -0.610. The first-order chi connectivity index (χ1) is 8.16. The van der Waals surface area contributed by atoms with Crippen molar-refractivity contribution in [2.24, 2.45) is 0 Å². The van der Waals surface area contributed by atoms with Crippen LogP contribution in [0.5, 0.6) is 0 Å². The molecular formula is C13H16FNOS. The average molecular weight is 253 g/mol. The fraction of sp³-hybridized carbons (Fsp3) is 0.615. The van der Waals surface area contributed by atoms with Crippen molar-refractivity contribution in [2.75, 3.05) is 0 Å². The summed E-state index contributed by atoms with van der Waals surface area (Å²) in [5.74, 6) is -0.484. The van der Waals surface area contributed by atoms with Gasteiger partial charge in [-0.2, -0.15) is 16.2 Å². The number of pyridine rings is 1. The van der Waals surface area contributed by atoms with Crippen molar-refractivity contribution in [3.05, 3.63) is 29.8 Å². The molecule has 2 aliphatic heterocycles. The van der Waals surface area contributed by atoms with Gasteiger partial charge in [0.25, 0.3) is 0 Å². The molecule has 2 saturated heterocycles. The Labute approximate surface area is 105 Å². The SMILES string of the molecule is OC1(c2ccc(F)nc2)CC2CCCC(C1)S2. The zero-order chi connectivity index (χ0) is 11.9. The second kappa shape index (κ2) is 4.25.